The molecule has 0 aromatic rings. The van der Waals surface area contributed by atoms with Crippen LogP contribution in [-0.2, 0) is 9.53 Å². The molecule has 5 heteroatoms. The van der Waals surface area contributed by atoms with Crippen LogP contribution in [0.4, 0.5) is 4.79 Å². The maximum atomic E-state index is 12.1. The number of amides is 2. The number of carbonyl (C=O) groups is 2. The third-order valence-electron chi connectivity index (χ3n) is 2.91. The van der Waals surface area contributed by atoms with Crippen molar-refractivity contribution < 1.29 is 14.3 Å². The van der Waals surface area contributed by atoms with Crippen molar-refractivity contribution in [3.8, 4) is 0 Å². The van der Waals surface area contributed by atoms with Gasteiger partial charge in [-0.05, 0) is 47.5 Å². The van der Waals surface area contributed by atoms with Gasteiger partial charge in [-0.25, -0.2) is 4.79 Å². The van der Waals surface area contributed by atoms with E-state index in [9.17, 15) is 9.59 Å². The highest BCUT2D eigenvalue weighted by Gasteiger charge is 2.46. The summed E-state index contributed by atoms with van der Waals surface area (Å²) >= 11 is 0. The zero-order valence-electron chi connectivity index (χ0n) is 11.2. The summed E-state index contributed by atoms with van der Waals surface area (Å²) in [7, 11) is 0. The van der Waals surface area contributed by atoms with Crippen molar-refractivity contribution >= 4 is 12.0 Å². The van der Waals surface area contributed by atoms with Crippen LogP contribution in [0.2, 0.25) is 0 Å². The number of hydrogen-bond donors (Lipinski definition) is 1. The lowest BCUT2D eigenvalue weighted by atomic mass is 10.0. The predicted molar refractivity (Wildman–Crippen MR) is 64.4 cm³/mol. The molecule has 0 aromatic heterocycles. The van der Waals surface area contributed by atoms with Crippen LogP contribution in [0.15, 0.2) is 0 Å². The average molecular weight is 242 g/mol. The van der Waals surface area contributed by atoms with Crippen LogP contribution in [0.3, 0.4) is 0 Å². The highest BCUT2D eigenvalue weighted by molar-refractivity contribution is 5.85. The molecular weight excluding hydrogens is 220 g/mol. The first-order valence-electron chi connectivity index (χ1n) is 5.86. The van der Waals surface area contributed by atoms with Crippen LogP contribution in [0.5, 0.6) is 0 Å². The van der Waals surface area contributed by atoms with Crippen molar-refractivity contribution in [2.75, 3.05) is 0 Å². The molecule has 1 aliphatic rings. The molecule has 5 nitrogen and oxygen atoms in total. The molecule has 2 amide bonds. The summed E-state index contributed by atoms with van der Waals surface area (Å²) in [5.74, 6) is -0.471. The first-order chi connectivity index (χ1) is 7.54. The molecule has 1 atom stereocenters. The van der Waals surface area contributed by atoms with Gasteiger partial charge in [0.1, 0.15) is 11.6 Å². The van der Waals surface area contributed by atoms with E-state index < -0.39 is 23.6 Å². The Morgan fingerprint density at radius 1 is 1.35 bits per heavy atom. The summed E-state index contributed by atoms with van der Waals surface area (Å²) in [5, 5.41) is 0. The molecule has 0 spiro atoms. The van der Waals surface area contributed by atoms with E-state index in [1.807, 2.05) is 13.8 Å². The monoisotopic (exact) mass is 242 g/mol. The number of nitrogens with two attached hydrogens (primary N) is 1. The highest BCUT2D eigenvalue weighted by atomic mass is 16.6. The molecule has 1 fully saturated rings. The molecule has 1 saturated heterocycles. The summed E-state index contributed by atoms with van der Waals surface area (Å²) in [5.41, 5.74) is 4.36. The lowest BCUT2D eigenvalue weighted by molar-refractivity contribution is -0.123. The van der Waals surface area contributed by atoms with Gasteiger partial charge in [-0.15, -0.1) is 0 Å². The second kappa shape index (κ2) is 4.20. The Morgan fingerprint density at radius 2 is 1.88 bits per heavy atom. The fraction of sp³-hybridized carbons (Fsp3) is 0.833. The molecule has 0 aromatic carbocycles. The van der Waals surface area contributed by atoms with Gasteiger partial charge in [0.25, 0.3) is 0 Å². The maximum absolute atomic E-state index is 12.1. The molecule has 0 bridgehead atoms. The number of carbonyl (C=O) groups excluding carboxylic acids is 2. The summed E-state index contributed by atoms with van der Waals surface area (Å²) in [6.45, 7) is 9.23. The quantitative estimate of drug-likeness (QED) is 0.759. The summed E-state index contributed by atoms with van der Waals surface area (Å²) in [6.07, 6.45) is 0.880. The van der Waals surface area contributed by atoms with Crippen LogP contribution >= 0.6 is 0 Å². The summed E-state index contributed by atoms with van der Waals surface area (Å²) in [6, 6.07) is -0.556. The predicted octanol–water partition coefficient (Wildman–Crippen LogP) is 1.65. The molecule has 98 valence electrons. The number of ether oxygens (including phenoxy) is 1. The number of rotatable bonds is 1. The number of hydrogen-bond acceptors (Lipinski definition) is 3. The molecule has 1 unspecified atom stereocenters. The topological polar surface area (TPSA) is 72.6 Å². The fourth-order valence-corrected chi connectivity index (χ4v) is 2.12. The second-order valence-electron chi connectivity index (χ2n) is 6.12. The van der Waals surface area contributed by atoms with E-state index in [2.05, 4.69) is 0 Å². The van der Waals surface area contributed by atoms with Crippen LogP contribution < -0.4 is 5.73 Å². The van der Waals surface area contributed by atoms with Crippen LogP contribution in [0.1, 0.15) is 47.5 Å². The first-order valence-corrected chi connectivity index (χ1v) is 5.86. The normalized spacial score (nSPS) is 23.6. The van der Waals surface area contributed by atoms with Gasteiger partial charge in [0.2, 0.25) is 5.91 Å². The molecule has 1 rings (SSSR count). The molecule has 0 saturated carbocycles. The van der Waals surface area contributed by atoms with Gasteiger partial charge in [0.05, 0.1) is 0 Å². The zero-order valence-corrected chi connectivity index (χ0v) is 11.2. The Labute approximate surface area is 102 Å². The number of likely N-dealkylation sites (tertiary alicyclic amines) is 1. The van der Waals surface area contributed by atoms with Crippen molar-refractivity contribution in [2.24, 2.45) is 5.73 Å². The minimum absolute atomic E-state index is 0.387. The van der Waals surface area contributed by atoms with Gasteiger partial charge in [0, 0.05) is 5.54 Å². The Bertz CT molecular complexity index is 331. The lowest BCUT2D eigenvalue weighted by Crippen LogP contribution is -2.53. The van der Waals surface area contributed by atoms with Crippen molar-refractivity contribution in [3.63, 3.8) is 0 Å². The Balaban J connectivity index is 2.90. The number of primary amides is 1. The first kappa shape index (κ1) is 13.8. The molecule has 0 radical (unpaired) electrons. The van der Waals surface area contributed by atoms with E-state index in [0.29, 0.717) is 6.42 Å². The Morgan fingerprint density at radius 3 is 2.29 bits per heavy atom. The van der Waals surface area contributed by atoms with Gasteiger partial charge in [0.15, 0.2) is 0 Å². The van der Waals surface area contributed by atoms with E-state index in [4.69, 9.17) is 10.5 Å². The van der Waals surface area contributed by atoms with Gasteiger partial charge >= 0.3 is 6.09 Å². The minimum Gasteiger partial charge on any atom is -0.444 e. The molecule has 1 aliphatic heterocycles. The molecule has 2 N–H and O–H groups in total. The van der Waals surface area contributed by atoms with Crippen LogP contribution in [0, 0.1) is 0 Å². The van der Waals surface area contributed by atoms with Gasteiger partial charge in [-0.1, -0.05) is 0 Å². The lowest BCUT2D eigenvalue weighted by Gasteiger charge is -2.35. The summed E-state index contributed by atoms with van der Waals surface area (Å²) in [4.78, 5) is 24.9. The van der Waals surface area contributed by atoms with E-state index >= 15 is 0 Å². The number of nitrogens with zero attached hydrogens (tertiary/aromatic N) is 1. The van der Waals surface area contributed by atoms with Gasteiger partial charge in [-0.3, -0.25) is 9.69 Å². The highest BCUT2D eigenvalue weighted by Crippen LogP contribution is 2.34. The largest absolute Gasteiger partial charge is 0.444 e. The van der Waals surface area contributed by atoms with E-state index in [-0.39, 0.29) is 5.54 Å². The Hall–Kier alpha value is -1.26. The fourth-order valence-electron chi connectivity index (χ4n) is 2.12. The zero-order chi connectivity index (χ0) is 13.4. The minimum atomic E-state index is -0.571. The average Bonchev–Trinajstić information content (AvgIpc) is 2.37. The maximum Gasteiger partial charge on any atom is 0.411 e. The second-order valence-corrected chi connectivity index (χ2v) is 6.12. The molecule has 1 heterocycles. The van der Waals surface area contributed by atoms with Crippen molar-refractivity contribution in [3.05, 3.63) is 0 Å². The van der Waals surface area contributed by atoms with Crippen LogP contribution in [-0.4, -0.2) is 34.1 Å². The molecule has 0 aliphatic carbocycles. The van der Waals surface area contributed by atoms with E-state index in [1.54, 1.807) is 20.8 Å². The third-order valence-corrected chi connectivity index (χ3v) is 2.91. The van der Waals surface area contributed by atoms with Gasteiger partial charge < -0.3 is 10.5 Å². The van der Waals surface area contributed by atoms with Gasteiger partial charge in [-0.2, -0.15) is 0 Å². The standard InChI is InChI=1S/C12H22N2O3/c1-11(2,3)17-10(16)14-8(9(13)15)6-7-12(14,4)5/h8H,6-7H2,1-5H3,(H2,13,15). The van der Waals surface area contributed by atoms with Crippen molar-refractivity contribution in [1.82, 2.24) is 4.90 Å². The summed E-state index contributed by atoms with van der Waals surface area (Å²) < 4.78 is 5.32. The van der Waals surface area contributed by atoms with Crippen molar-refractivity contribution in [1.29, 1.82) is 0 Å². The molecule has 17 heavy (non-hydrogen) atoms. The van der Waals surface area contributed by atoms with Crippen LogP contribution in [0.25, 0.3) is 0 Å². The molecular formula is C12H22N2O3. The van der Waals surface area contributed by atoms with E-state index in [1.165, 1.54) is 4.90 Å². The Kier molecular flexibility index (Phi) is 3.41. The van der Waals surface area contributed by atoms with E-state index in [0.717, 1.165) is 6.42 Å². The SMILES string of the molecule is CC(C)(C)OC(=O)N1C(C(N)=O)CCC1(C)C. The van der Waals surface area contributed by atoms with Crippen molar-refractivity contribution in [2.45, 2.75) is 64.6 Å². The third kappa shape index (κ3) is 3.11. The smallest absolute Gasteiger partial charge is 0.411 e.